The largest absolute Gasteiger partial charge is 0.393 e. The van der Waals surface area contributed by atoms with Crippen LogP contribution in [0.1, 0.15) is 45.4 Å². The Balaban J connectivity index is 2.01. The van der Waals surface area contributed by atoms with Crippen LogP contribution in [-0.4, -0.2) is 35.2 Å². The third kappa shape index (κ3) is 3.00. The van der Waals surface area contributed by atoms with Crippen molar-refractivity contribution in [3.63, 3.8) is 0 Å². The minimum absolute atomic E-state index is 0.141. The molecule has 2 aliphatic rings. The van der Waals surface area contributed by atoms with E-state index in [0.717, 1.165) is 25.9 Å². The molecule has 1 saturated carbocycles. The minimum atomic E-state index is -0.141. The molecule has 1 N–H and O–H groups in total. The van der Waals surface area contributed by atoms with E-state index in [4.69, 9.17) is 0 Å². The number of hydrogen-bond donors (Lipinski definition) is 1. The summed E-state index contributed by atoms with van der Waals surface area (Å²) in [6.07, 6.45) is 6.71. The second-order valence-corrected chi connectivity index (χ2v) is 5.77. The van der Waals surface area contributed by atoms with Crippen LogP contribution in [0.4, 0.5) is 0 Å². The molecular weight excluding hydrogens is 212 g/mol. The molecular formula is C14H24N2O. The lowest BCUT2D eigenvalue weighted by atomic mass is 9.89. The fraction of sp³-hybridized carbons (Fsp3) is 0.929. The smallest absolute Gasteiger partial charge is 0.0672 e. The Morgan fingerprint density at radius 1 is 1.18 bits per heavy atom. The maximum Gasteiger partial charge on any atom is 0.0672 e. The van der Waals surface area contributed by atoms with Crippen molar-refractivity contribution in [1.82, 2.24) is 4.90 Å². The molecule has 1 saturated heterocycles. The second kappa shape index (κ2) is 5.84. The average Bonchev–Trinajstić information content (AvgIpc) is 2.57. The highest BCUT2D eigenvalue weighted by atomic mass is 16.3. The topological polar surface area (TPSA) is 47.3 Å². The summed E-state index contributed by atoms with van der Waals surface area (Å²) >= 11 is 0. The van der Waals surface area contributed by atoms with Crippen molar-refractivity contribution >= 4 is 0 Å². The van der Waals surface area contributed by atoms with Crippen molar-refractivity contribution in [1.29, 1.82) is 5.26 Å². The number of likely N-dealkylation sites (tertiary alicyclic amines) is 1. The summed E-state index contributed by atoms with van der Waals surface area (Å²) in [5.41, 5.74) is 0. The van der Waals surface area contributed by atoms with Gasteiger partial charge in [0.2, 0.25) is 0 Å². The van der Waals surface area contributed by atoms with E-state index in [9.17, 15) is 10.4 Å². The number of aliphatic hydroxyl groups excluding tert-OH is 1. The Labute approximate surface area is 104 Å². The zero-order valence-electron chi connectivity index (χ0n) is 10.8. The van der Waals surface area contributed by atoms with Gasteiger partial charge in [-0.05, 0) is 25.2 Å². The summed E-state index contributed by atoms with van der Waals surface area (Å²) in [5, 5.41) is 19.1. The first-order valence-corrected chi connectivity index (χ1v) is 7.04. The highest BCUT2D eigenvalue weighted by Crippen LogP contribution is 2.30. The first kappa shape index (κ1) is 12.9. The van der Waals surface area contributed by atoms with Gasteiger partial charge in [0.25, 0.3) is 0 Å². The molecule has 0 amide bonds. The summed E-state index contributed by atoms with van der Waals surface area (Å²) in [5.74, 6) is 0.561. The summed E-state index contributed by atoms with van der Waals surface area (Å²) in [7, 11) is 0. The molecule has 0 aromatic heterocycles. The molecule has 3 heteroatoms. The number of nitrogens with zero attached hydrogens (tertiary/aromatic N) is 2. The third-order valence-corrected chi connectivity index (χ3v) is 4.51. The molecule has 1 aliphatic carbocycles. The van der Waals surface area contributed by atoms with Crippen molar-refractivity contribution < 1.29 is 5.11 Å². The van der Waals surface area contributed by atoms with Gasteiger partial charge in [0.1, 0.15) is 0 Å². The van der Waals surface area contributed by atoms with Crippen molar-refractivity contribution in [2.45, 2.75) is 57.6 Å². The molecule has 4 unspecified atom stereocenters. The molecule has 0 radical (unpaired) electrons. The first-order chi connectivity index (χ1) is 8.22. The summed E-state index contributed by atoms with van der Waals surface area (Å²) in [4.78, 5) is 2.47. The Morgan fingerprint density at radius 2 is 1.94 bits per heavy atom. The van der Waals surface area contributed by atoms with Crippen LogP contribution in [0, 0.1) is 23.2 Å². The fourth-order valence-corrected chi connectivity index (χ4v) is 3.34. The van der Waals surface area contributed by atoms with Gasteiger partial charge >= 0.3 is 0 Å². The standard InChI is InChI=1S/C14H24N2O/c1-11-10-16(8-7-14(11)17)13-6-4-2-3-5-12(13)9-15/h11-14,17H,2-8,10H2,1H3. The van der Waals surface area contributed by atoms with Crippen molar-refractivity contribution in [2.75, 3.05) is 13.1 Å². The van der Waals surface area contributed by atoms with Gasteiger partial charge in [-0.25, -0.2) is 0 Å². The molecule has 17 heavy (non-hydrogen) atoms. The molecule has 2 rings (SSSR count). The molecule has 3 nitrogen and oxygen atoms in total. The van der Waals surface area contributed by atoms with Gasteiger partial charge < -0.3 is 5.11 Å². The fourth-order valence-electron chi connectivity index (χ4n) is 3.34. The highest BCUT2D eigenvalue weighted by molar-refractivity contribution is 4.96. The van der Waals surface area contributed by atoms with Gasteiger partial charge in [-0.2, -0.15) is 5.26 Å². The number of aliphatic hydroxyl groups is 1. The highest BCUT2D eigenvalue weighted by Gasteiger charge is 2.33. The molecule has 0 aromatic rings. The van der Waals surface area contributed by atoms with Crippen molar-refractivity contribution in [3.8, 4) is 6.07 Å². The molecule has 96 valence electrons. The predicted molar refractivity (Wildman–Crippen MR) is 67.3 cm³/mol. The van der Waals surface area contributed by atoms with Gasteiger partial charge in [-0.1, -0.05) is 26.2 Å². The lowest BCUT2D eigenvalue weighted by molar-refractivity contribution is 0.00809. The van der Waals surface area contributed by atoms with E-state index >= 15 is 0 Å². The van der Waals surface area contributed by atoms with Gasteiger partial charge in [0.15, 0.2) is 0 Å². The molecule has 2 fully saturated rings. The number of piperidine rings is 1. The lowest BCUT2D eigenvalue weighted by Gasteiger charge is -2.40. The number of nitriles is 1. The summed E-state index contributed by atoms with van der Waals surface area (Å²) in [6.45, 7) is 4.05. The quantitative estimate of drug-likeness (QED) is 0.710. The van der Waals surface area contributed by atoms with Crippen LogP contribution in [0.15, 0.2) is 0 Å². The van der Waals surface area contributed by atoms with Gasteiger partial charge in [-0.3, -0.25) is 4.90 Å². The first-order valence-electron chi connectivity index (χ1n) is 7.04. The maximum absolute atomic E-state index is 9.78. The monoisotopic (exact) mass is 236 g/mol. The van der Waals surface area contributed by atoms with Gasteiger partial charge in [0.05, 0.1) is 18.1 Å². The molecule has 1 heterocycles. The predicted octanol–water partition coefficient (Wildman–Crippen LogP) is 2.16. The van der Waals surface area contributed by atoms with Crippen LogP contribution in [-0.2, 0) is 0 Å². The van der Waals surface area contributed by atoms with Crippen LogP contribution in [0.5, 0.6) is 0 Å². The van der Waals surface area contributed by atoms with E-state index in [1.165, 1.54) is 25.7 Å². The van der Waals surface area contributed by atoms with Crippen LogP contribution in [0.3, 0.4) is 0 Å². The third-order valence-electron chi connectivity index (χ3n) is 4.51. The van der Waals surface area contributed by atoms with Crippen LogP contribution >= 0.6 is 0 Å². The van der Waals surface area contributed by atoms with Crippen LogP contribution in [0.2, 0.25) is 0 Å². The normalized spacial score (nSPS) is 40.5. The van der Waals surface area contributed by atoms with E-state index in [1.807, 2.05) is 0 Å². The zero-order valence-corrected chi connectivity index (χ0v) is 10.8. The number of hydrogen-bond acceptors (Lipinski definition) is 3. The SMILES string of the molecule is CC1CN(C2CCCCCC2C#N)CCC1O. The van der Waals surface area contributed by atoms with Crippen LogP contribution < -0.4 is 0 Å². The molecule has 0 aromatic carbocycles. The summed E-state index contributed by atoms with van der Waals surface area (Å²) < 4.78 is 0. The van der Waals surface area contributed by atoms with Crippen molar-refractivity contribution in [3.05, 3.63) is 0 Å². The average molecular weight is 236 g/mol. The van der Waals surface area contributed by atoms with Crippen molar-refractivity contribution in [2.24, 2.45) is 11.8 Å². The molecule has 0 bridgehead atoms. The Hall–Kier alpha value is -0.590. The van der Waals surface area contributed by atoms with E-state index in [-0.39, 0.29) is 12.0 Å². The van der Waals surface area contributed by atoms with E-state index in [2.05, 4.69) is 17.9 Å². The van der Waals surface area contributed by atoms with E-state index < -0.39 is 0 Å². The number of rotatable bonds is 1. The van der Waals surface area contributed by atoms with E-state index in [0.29, 0.717) is 12.0 Å². The zero-order chi connectivity index (χ0) is 12.3. The van der Waals surface area contributed by atoms with Gasteiger partial charge in [-0.15, -0.1) is 0 Å². The minimum Gasteiger partial charge on any atom is -0.393 e. The molecule has 4 atom stereocenters. The van der Waals surface area contributed by atoms with Crippen LogP contribution in [0.25, 0.3) is 0 Å². The Morgan fingerprint density at radius 3 is 2.65 bits per heavy atom. The lowest BCUT2D eigenvalue weighted by Crippen LogP contribution is -2.49. The molecule has 1 aliphatic heterocycles. The van der Waals surface area contributed by atoms with Gasteiger partial charge in [0, 0.05) is 19.1 Å². The Bertz CT molecular complexity index is 286. The maximum atomic E-state index is 9.78. The molecule has 0 spiro atoms. The summed E-state index contributed by atoms with van der Waals surface area (Å²) in [6, 6.07) is 2.96. The van der Waals surface area contributed by atoms with E-state index in [1.54, 1.807) is 0 Å². The second-order valence-electron chi connectivity index (χ2n) is 5.77. The Kier molecular flexibility index (Phi) is 4.42.